The van der Waals surface area contributed by atoms with Gasteiger partial charge in [-0.1, -0.05) is 13.8 Å². The van der Waals surface area contributed by atoms with Gasteiger partial charge in [0.2, 0.25) is 0 Å². The number of nitrogens with one attached hydrogen (secondary N) is 2. The maximum atomic E-state index is 11.7. The minimum atomic E-state index is -0.467. The van der Waals surface area contributed by atoms with E-state index in [2.05, 4.69) is 31.4 Å². The maximum absolute atomic E-state index is 11.7. The highest BCUT2D eigenvalue weighted by Crippen LogP contribution is 2.16. The van der Waals surface area contributed by atoms with Crippen molar-refractivity contribution in [2.75, 3.05) is 19.6 Å². The van der Waals surface area contributed by atoms with Gasteiger partial charge in [-0.25, -0.2) is 4.79 Å². The molecule has 0 saturated heterocycles. The summed E-state index contributed by atoms with van der Waals surface area (Å²) in [6, 6.07) is 0. The number of ether oxygens (including phenoxy) is 1. The Kier molecular flexibility index (Phi) is 7.37. The van der Waals surface area contributed by atoms with Crippen molar-refractivity contribution in [3.63, 3.8) is 0 Å². The van der Waals surface area contributed by atoms with Crippen LogP contribution in [0.3, 0.4) is 0 Å². The number of alkyl carbamates (subject to hydrolysis) is 1. The molecule has 0 saturated carbocycles. The van der Waals surface area contributed by atoms with Crippen LogP contribution in [-0.2, 0) is 4.74 Å². The SMILES string of the molecule is CC(C)C(C)(CNC(=O)OC(C)(C)C)NCCCN. The second kappa shape index (κ2) is 7.70. The van der Waals surface area contributed by atoms with Crippen LogP contribution in [0.1, 0.15) is 48.0 Å². The number of carbonyl (C=O) groups is 1. The van der Waals surface area contributed by atoms with Crippen LogP contribution in [0.4, 0.5) is 4.79 Å². The van der Waals surface area contributed by atoms with Crippen molar-refractivity contribution < 1.29 is 9.53 Å². The van der Waals surface area contributed by atoms with Gasteiger partial charge in [0.05, 0.1) is 0 Å². The van der Waals surface area contributed by atoms with Crippen LogP contribution in [0.2, 0.25) is 0 Å². The summed E-state index contributed by atoms with van der Waals surface area (Å²) in [7, 11) is 0. The molecule has 0 aliphatic rings. The molecule has 0 radical (unpaired) electrons. The predicted molar refractivity (Wildman–Crippen MR) is 79.2 cm³/mol. The fraction of sp³-hybridized carbons (Fsp3) is 0.929. The number of nitrogens with two attached hydrogens (primary N) is 1. The topological polar surface area (TPSA) is 76.4 Å². The van der Waals surface area contributed by atoms with Crippen LogP contribution in [0.5, 0.6) is 0 Å². The molecule has 114 valence electrons. The molecule has 0 bridgehead atoms. The van der Waals surface area contributed by atoms with E-state index in [9.17, 15) is 4.79 Å². The Morgan fingerprint density at radius 1 is 1.26 bits per heavy atom. The Morgan fingerprint density at radius 2 is 1.84 bits per heavy atom. The van der Waals surface area contributed by atoms with Crippen molar-refractivity contribution in [2.24, 2.45) is 11.7 Å². The monoisotopic (exact) mass is 273 g/mol. The first-order valence-corrected chi connectivity index (χ1v) is 7.02. The Balaban J connectivity index is 4.31. The third-order valence-corrected chi connectivity index (χ3v) is 3.18. The molecule has 0 rings (SSSR count). The maximum Gasteiger partial charge on any atom is 0.407 e. The Morgan fingerprint density at radius 3 is 2.26 bits per heavy atom. The van der Waals surface area contributed by atoms with Gasteiger partial charge in [-0.15, -0.1) is 0 Å². The quantitative estimate of drug-likeness (QED) is 0.619. The molecule has 0 aromatic heterocycles. The third-order valence-electron chi connectivity index (χ3n) is 3.18. The molecule has 0 aromatic rings. The standard InChI is InChI=1S/C14H31N3O2/c1-11(2)14(6,17-9-7-8-15)10-16-12(18)19-13(3,4)5/h11,17H,7-10,15H2,1-6H3,(H,16,18). The van der Waals surface area contributed by atoms with Crippen molar-refractivity contribution in [1.29, 1.82) is 0 Å². The molecule has 1 amide bonds. The second-order valence-corrected chi connectivity index (χ2v) is 6.50. The van der Waals surface area contributed by atoms with Crippen LogP contribution in [0.25, 0.3) is 0 Å². The zero-order valence-electron chi connectivity index (χ0n) is 13.3. The van der Waals surface area contributed by atoms with Crippen molar-refractivity contribution >= 4 is 6.09 Å². The first-order chi connectivity index (χ1) is 8.60. The fourth-order valence-corrected chi connectivity index (χ4v) is 1.52. The molecule has 0 spiro atoms. The molecular weight excluding hydrogens is 242 g/mol. The van der Waals surface area contributed by atoms with Crippen LogP contribution in [0.15, 0.2) is 0 Å². The minimum absolute atomic E-state index is 0.161. The van der Waals surface area contributed by atoms with E-state index in [1.807, 2.05) is 20.8 Å². The average molecular weight is 273 g/mol. The van der Waals surface area contributed by atoms with Crippen molar-refractivity contribution in [2.45, 2.75) is 59.1 Å². The lowest BCUT2D eigenvalue weighted by molar-refractivity contribution is 0.0503. The van der Waals surface area contributed by atoms with E-state index in [4.69, 9.17) is 10.5 Å². The van der Waals surface area contributed by atoms with Gasteiger partial charge in [-0.2, -0.15) is 0 Å². The smallest absolute Gasteiger partial charge is 0.407 e. The van der Waals surface area contributed by atoms with E-state index in [-0.39, 0.29) is 11.6 Å². The summed E-state index contributed by atoms with van der Waals surface area (Å²) in [5, 5.41) is 6.30. The lowest BCUT2D eigenvalue weighted by Gasteiger charge is -2.35. The Labute approximate surface area is 117 Å². The molecule has 1 atom stereocenters. The van der Waals surface area contributed by atoms with Crippen LogP contribution in [-0.4, -0.2) is 36.9 Å². The molecule has 0 aliphatic carbocycles. The van der Waals surface area contributed by atoms with Gasteiger partial charge < -0.3 is 21.1 Å². The van der Waals surface area contributed by atoms with Crippen LogP contribution in [0, 0.1) is 5.92 Å². The van der Waals surface area contributed by atoms with E-state index < -0.39 is 5.60 Å². The highest BCUT2D eigenvalue weighted by atomic mass is 16.6. The first-order valence-electron chi connectivity index (χ1n) is 7.02. The van der Waals surface area contributed by atoms with E-state index in [1.54, 1.807) is 0 Å². The number of hydrogen-bond donors (Lipinski definition) is 3. The Hall–Kier alpha value is -0.810. The van der Waals surface area contributed by atoms with Crippen molar-refractivity contribution in [1.82, 2.24) is 10.6 Å². The normalized spacial score (nSPS) is 15.2. The molecule has 0 heterocycles. The molecule has 0 fully saturated rings. The molecule has 0 aliphatic heterocycles. The summed E-state index contributed by atoms with van der Waals surface area (Å²) >= 11 is 0. The van der Waals surface area contributed by atoms with Gasteiger partial charge in [0.15, 0.2) is 0 Å². The summed E-state index contributed by atoms with van der Waals surface area (Å²) in [6.07, 6.45) is 0.550. The van der Waals surface area contributed by atoms with Crippen molar-refractivity contribution in [3.8, 4) is 0 Å². The average Bonchev–Trinajstić information content (AvgIpc) is 2.24. The lowest BCUT2D eigenvalue weighted by atomic mass is 9.88. The van der Waals surface area contributed by atoms with Gasteiger partial charge >= 0.3 is 6.09 Å². The van der Waals surface area contributed by atoms with E-state index >= 15 is 0 Å². The summed E-state index contributed by atoms with van der Waals surface area (Å²) in [5.74, 6) is 0.389. The summed E-state index contributed by atoms with van der Waals surface area (Å²) in [6.45, 7) is 14.0. The van der Waals surface area contributed by atoms with E-state index in [0.29, 0.717) is 19.0 Å². The Bertz CT molecular complexity index is 274. The number of carbonyl (C=O) groups excluding carboxylic acids is 1. The van der Waals surface area contributed by atoms with Crippen LogP contribution >= 0.6 is 0 Å². The lowest BCUT2D eigenvalue weighted by Crippen LogP contribution is -2.55. The summed E-state index contributed by atoms with van der Waals surface area (Å²) < 4.78 is 5.24. The van der Waals surface area contributed by atoms with Gasteiger partial charge in [-0.3, -0.25) is 0 Å². The zero-order valence-corrected chi connectivity index (χ0v) is 13.3. The largest absolute Gasteiger partial charge is 0.444 e. The highest BCUT2D eigenvalue weighted by molar-refractivity contribution is 5.67. The van der Waals surface area contributed by atoms with Gasteiger partial charge in [0.25, 0.3) is 0 Å². The second-order valence-electron chi connectivity index (χ2n) is 6.50. The predicted octanol–water partition coefficient (Wildman–Crippen LogP) is 1.86. The molecule has 4 N–H and O–H groups in total. The van der Waals surface area contributed by atoms with Crippen molar-refractivity contribution in [3.05, 3.63) is 0 Å². The number of hydrogen-bond acceptors (Lipinski definition) is 4. The summed E-state index contributed by atoms with van der Waals surface area (Å²) in [4.78, 5) is 11.7. The molecule has 0 aromatic carbocycles. The van der Waals surface area contributed by atoms with E-state index in [0.717, 1.165) is 13.0 Å². The molecule has 19 heavy (non-hydrogen) atoms. The molecule has 5 heteroatoms. The fourth-order valence-electron chi connectivity index (χ4n) is 1.52. The zero-order chi connectivity index (χ0) is 15.1. The highest BCUT2D eigenvalue weighted by Gasteiger charge is 2.28. The molecular formula is C14H31N3O2. The third kappa shape index (κ3) is 8.06. The molecule has 5 nitrogen and oxygen atoms in total. The van der Waals surface area contributed by atoms with Crippen LogP contribution < -0.4 is 16.4 Å². The van der Waals surface area contributed by atoms with Gasteiger partial charge in [0, 0.05) is 12.1 Å². The van der Waals surface area contributed by atoms with Gasteiger partial charge in [0.1, 0.15) is 5.60 Å². The van der Waals surface area contributed by atoms with E-state index in [1.165, 1.54) is 0 Å². The minimum Gasteiger partial charge on any atom is -0.444 e. The summed E-state index contributed by atoms with van der Waals surface area (Å²) in [5.41, 5.74) is 4.87. The first kappa shape index (κ1) is 18.2. The number of amides is 1. The van der Waals surface area contributed by atoms with Gasteiger partial charge in [-0.05, 0) is 53.1 Å². The number of rotatable bonds is 7. The molecule has 1 unspecified atom stereocenters.